The molecule has 4 unspecified atom stereocenters. The van der Waals surface area contributed by atoms with Crippen molar-refractivity contribution >= 4 is 29.7 Å². The topological polar surface area (TPSA) is 188 Å². The molecule has 182 valence electrons. The van der Waals surface area contributed by atoms with Crippen LogP contribution in [-0.2, 0) is 30.4 Å². The molecule has 0 aliphatic carbocycles. The number of hydrogen-bond acceptors (Lipinski definition) is 6. The third-order valence-corrected chi connectivity index (χ3v) is 4.66. The van der Waals surface area contributed by atoms with Crippen LogP contribution in [-0.4, -0.2) is 64.0 Å². The fraction of sp³-hybridized carbons (Fsp3) is 0.500. The zero-order valence-corrected chi connectivity index (χ0v) is 18.9. The van der Waals surface area contributed by atoms with Gasteiger partial charge in [-0.25, -0.2) is 4.79 Å². The van der Waals surface area contributed by atoms with Gasteiger partial charge in [-0.1, -0.05) is 44.2 Å². The van der Waals surface area contributed by atoms with Gasteiger partial charge in [0.05, 0.1) is 12.5 Å². The lowest BCUT2D eigenvalue weighted by atomic mass is 10.0. The molecule has 1 aromatic rings. The Kier molecular flexibility index (Phi) is 11.0. The third kappa shape index (κ3) is 10.1. The number of nitrogens with one attached hydrogen (secondary N) is 3. The van der Waals surface area contributed by atoms with E-state index in [0.29, 0.717) is 5.56 Å². The maximum absolute atomic E-state index is 12.9. The number of carboxylic acids is 2. The van der Waals surface area contributed by atoms with Crippen LogP contribution in [0.15, 0.2) is 30.3 Å². The molecule has 0 saturated heterocycles. The molecule has 0 bridgehead atoms. The maximum atomic E-state index is 12.9. The van der Waals surface area contributed by atoms with Crippen molar-refractivity contribution in [3.8, 4) is 0 Å². The SMILES string of the molecule is CC(C)CC(NC(=O)C(Cc1ccccc1)NC(=O)C(CC(=O)O)NC(=O)C(C)N)C(=O)O. The molecular weight excluding hydrogens is 432 g/mol. The second-order valence-electron chi connectivity index (χ2n) is 8.23. The Hall–Kier alpha value is -3.47. The number of benzene rings is 1. The van der Waals surface area contributed by atoms with E-state index >= 15 is 0 Å². The van der Waals surface area contributed by atoms with Crippen molar-refractivity contribution < 1.29 is 34.2 Å². The van der Waals surface area contributed by atoms with E-state index in [1.165, 1.54) is 6.92 Å². The lowest BCUT2D eigenvalue weighted by molar-refractivity contribution is -0.143. The van der Waals surface area contributed by atoms with Gasteiger partial charge in [0.25, 0.3) is 0 Å². The predicted octanol–water partition coefficient (Wildman–Crippen LogP) is -0.364. The fourth-order valence-electron chi connectivity index (χ4n) is 2.98. The highest BCUT2D eigenvalue weighted by Gasteiger charge is 2.31. The Balaban J connectivity index is 3.11. The van der Waals surface area contributed by atoms with Gasteiger partial charge in [0.2, 0.25) is 17.7 Å². The minimum atomic E-state index is -1.47. The summed E-state index contributed by atoms with van der Waals surface area (Å²) in [5.74, 6) is -4.95. The Morgan fingerprint density at radius 2 is 1.33 bits per heavy atom. The predicted molar refractivity (Wildman–Crippen MR) is 119 cm³/mol. The number of aliphatic carboxylic acids is 2. The summed E-state index contributed by atoms with van der Waals surface area (Å²) >= 11 is 0. The van der Waals surface area contributed by atoms with Gasteiger partial charge in [0.15, 0.2) is 0 Å². The molecule has 0 radical (unpaired) electrons. The molecule has 0 heterocycles. The van der Waals surface area contributed by atoms with Crippen LogP contribution in [0.2, 0.25) is 0 Å². The molecule has 11 nitrogen and oxygen atoms in total. The molecule has 4 atom stereocenters. The summed E-state index contributed by atoms with van der Waals surface area (Å²) in [5, 5.41) is 25.7. The Morgan fingerprint density at radius 3 is 1.82 bits per heavy atom. The van der Waals surface area contributed by atoms with Gasteiger partial charge >= 0.3 is 11.9 Å². The van der Waals surface area contributed by atoms with Crippen molar-refractivity contribution in [1.82, 2.24) is 16.0 Å². The highest BCUT2D eigenvalue weighted by Crippen LogP contribution is 2.08. The first-order chi connectivity index (χ1) is 15.4. The van der Waals surface area contributed by atoms with E-state index in [-0.39, 0.29) is 18.8 Å². The van der Waals surface area contributed by atoms with Gasteiger partial charge in [0.1, 0.15) is 18.1 Å². The number of amides is 3. The summed E-state index contributed by atoms with van der Waals surface area (Å²) in [6, 6.07) is 3.86. The van der Waals surface area contributed by atoms with E-state index in [9.17, 15) is 29.1 Å². The Labute approximate surface area is 192 Å². The first-order valence-corrected chi connectivity index (χ1v) is 10.6. The standard InChI is InChI=1S/C22H32N4O7/c1-12(2)9-17(22(32)33)26-20(30)15(10-14-7-5-4-6-8-14)25-21(31)16(11-18(27)28)24-19(29)13(3)23/h4-8,12-13,15-17H,9-11,23H2,1-3H3,(H,24,29)(H,25,31)(H,26,30)(H,27,28)(H,32,33). The van der Waals surface area contributed by atoms with E-state index < -0.39 is 60.2 Å². The Bertz CT molecular complexity index is 842. The van der Waals surface area contributed by atoms with Crippen LogP contribution in [0.3, 0.4) is 0 Å². The maximum Gasteiger partial charge on any atom is 0.326 e. The van der Waals surface area contributed by atoms with Crippen LogP contribution in [0.1, 0.15) is 39.2 Å². The lowest BCUT2D eigenvalue weighted by Crippen LogP contribution is -2.57. The van der Waals surface area contributed by atoms with Crippen molar-refractivity contribution in [2.24, 2.45) is 11.7 Å². The van der Waals surface area contributed by atoms with Crippen LogP contribution >= 0.6 is 0 Å². The smallest absolute Gasteiger partial charge is 0.326 e. The summed E-state index contributed by atoms with van der Waals surface area (Å²) in [6.45, 7) is 4.99. The normalized spacial score (nSPS) is 14.5. The van der Waals surface area contributed by atoms with Crippen LogP contribution in [0, 0.1) is 5.92 Å². The first-order valence-electron chi connectivity index (χ1n) is 10.6. The molecule has 0 aliphatic rings. The molecule has 11 heteroatoms. The quantitative estimate of drug-likeness (QED) is 0.228. The molecule has 3 amide bonds. The lowest BCUT2D eigenvalue weighted by Gasteiger charge is -2.25. The van der Waals surface area contributed by atoms with E-state index in [0.717, 1.165) is 0 Å². The number of carbonyl (C=O) groups excluding carboxylic acids is 3. The Morgan fingerprint density at radius 1 is 0.818 bits per heavy atom. The molecule has 1 rings (SSSR count). The van der Waals surface area contributed by atoms with Crippen molar-refractivity contribution in [2.45, 2.75) is 64.2 Å². The number of nitrogens with two attached hydrogens (primary N) is 1. The molecular formula is C22H32N4O7. The zero-order chi connectivity index (χ0) is 25.1. The second-order valence-corrected chi connectivity index (χ2v) is 8.23. The van der Waals surface area contributed by atoms with E-state index in [4.69, 9.17) is 10.8 Å². The van der Waals surface area contributed by atoms with Gasteiger partial charge in [-0.3, -0.25) is 19.2 Å². The summed E-state index contributed by atoms with van der Waals surface area (Å²) in [7, 11) is 0. The highest BCUT2D eigenvalue weighted by atomic mass is 16.4. The second kappa shape index (κ2) is 13.2. The molecule has 0 aromatic heterocycles. The van der Waals surface area contributed by atoms with E-state index in [1.807, 2.05) is 13.8 Å². The third-order valence-electron chi connectivity index (χ3n) is 4.66. The van der Waals surface area contributed by atoms with Crippen LogP contribution in [0.4, 0.5) is 0 Å². The summed E-state index contributed by atoms with van der Waals surface area (Å²) < 4.78 is 0. The number of carbonyl (C=O) groups is 5. The van der Waals surface area contributed by atoms with Gasteiger partial charge < -0.3 is 31.9 Å². The van der Waals surface area contributed by atoms with Gasteiger partial charge in [-0.2, -0.15) is 0 Å². The van der Waals surface area contributed by atoms with Gasteiger partial charge in [-0.05, 0) is 24.8 Å². The molecule has 1 aromatic carbocycles. The zero-order valence-electron chi connectivity index (χ0n) is 18.9. The largest absolute Gasteiger partial charge is 0.481 e. The summed E-state index contributed by atoms with van der Waals surface area (Å²) in [6.07, 6.45) is -0.526. The number of rotatable bonds is 13. The molecule has 7 N–H and O–H groups in total. The van der Waals surface area contributed by atoms with Crippen molar-refractivity contribution in [2.75, 3.05) is 0 Å². The van der Waals surface area contributed by atoms with Crippen LogP contribution in [0.25, 0.3) is 0 Å². The molecule has 0 saturated carbocycles. The van der Waals surface area contributed by atoms with Crippen molar-refractivity contribution in [3.05, 3.63) is 35.9 Å². The minimum absolute atomic E-state index is 0.0121. The van der Waals surface area contributed by atoms with Crippen molar-refractivity contribution in [3.63, 3.8) is 0 Å². The monoisotopic (exact) mass is 464 g/mol. The van der Waals surface area contributed by atoms with Crippen LogP contribution in [0.5, 0.6) is 0 Å². The average Bonchev–Trinajstić information content (AvgIpc) is 2.72. The van der Waals surface area contributed by atoms with Gasteiger partial charge in [-0.15, -0.1) is 0 Å². The van der Waals surface area contributed by atoms with Crippen molar-refractivity contribution in [1.29, 1.82) is 0 Å². The first kappa shape index (κ1) is 27.6. The van der Waals surface area contributed by atoms with E-state index in [1.54, 1.807) is 30.3 Å². The molecule has 0 fully saturated rings. The molecule has 0 aliphatic heterocycles. The molecule has 0 spiro atoms. The number of carboxylic acid groups (broad SMARTS) is 2. The molecule has 33 heavy (non-hydrogen) atoms. The van der Waals surface area contributed by atoms with Gasteiger partial charge in [0, 0.05) is 6.42 Å². The summed E-state index contributed by atoms with van der Waals surface area (Å²) in [4.78, 5) is 60.4. The fourth-order valence-corrected chi connectivity index (χ4v) is 2.98. The minimum Gasteiger partial charge on any atom is -0.481 e. The summed E-state index contributed by atoms with van der Waals surface area (Å²) in [5.41, 5.74) is 6.16. The van der Waals surface area contributed by atoms with Crippen LogP contribution < -0.4 is 21.7 Å². The number of hydrogen-bond donors (Lipinski definition) is 6. The van der Waals surface area contributed by atoms with E-state index in [2.05, 4.69) is 16.0 Å². The average molecular weight is 465 g/mol. The highest BCUT2D eigenvalue weighted by molar-refractivity contribution is 5.95.